The minimum atomic E-state index is 0.851. The Balaban J connectivity index is 2.39. The Bertz CT molecular complexity index is 508. The molecule has 29 heavy (non-hydrogen) atoms. The summed E-state index contributed by atoms with van der Waals surface area (Å²) >= 11 is 11.3. The second-order valence-electron chi connectivity index (χ2n) is 9.44. The molecule has 0 fully saturated rings. The maximum atomic E-state index is 2.56. The van der Waals surface area contributed by atoms with Crippen LogP contribution in [0.15, 0.2) is 9.79 Å². The van der Waals surface area contributed by atoms with E-state index in [0.29, 0.717) is 0 Å². The zero-order valence-electron chi connectivity index (χ0n) is 19.4. The van der Waals surface area contributed by atoms with Crippen LogP contribution in [0.2, 0.25) is 0 Å². The van der Waals surface area contributed by atoms with E-state index in [1.54, 1.807) is 9.79 Å². The van der Waals surface area contributed by atoms with Crippen molar-refractivity contribution in [2.24, 2.45) is 23.7 Å². The number of rotatable bonds is 16. The van der Waals surface area contributed by atoms with Crippen LogP contribution in [0, 0.1) is 29.4 Å². The van der Waals surface area contributed by atoms with Crippen molar-refractivity contribution in [3.05, 3.63) is 5.77 Å². The maximum Gasteiger partial charge on any atom is 0.0812 e. The van der Waals surface area contributed by atoms with Gasteiger partial charge in [-0.2, -0.15) is 0 Å². The van der Waals surface area contributed by atoms with Gasteiger partial charge in [-0.05, 0) is 93.2 Å². The fourth-order valence-corrected chi connectivity index (χ4v) is 11.6. The maximum absolute atomic E-state index is 2.56. The summed E-state index contributed by atoms with van der Waals surface area (Å²) in [6.45, 7) is 14.2. The third kappa shape index (κ3) is 13.2. The van der Waals surface area contributed by atoms with Crippen LogP contribution in [-0.4, -0.2) is 11.5 Å². The van der Waals surface area contributed by atoms with Gasteiger partial charge >= 0.3 is 0 Å². The summed E-state index contributed by atoms with van der Waals surface area (Å²) in [4.78, 5) is 3.15. The van der Waals surface area contributed by atoms with Crippen LogP contribution in [0.1, 0.15) is 92.9 Å². The van der Waals surface area contributed by atoms with Crippen molar-refractivity contribution < 1.29 is 0 Å². The second-order valence-corrected chi connectivity index (χ2v) is 16.3. The smallest absolute Gasteiger partial charge is 0.0812 e. The first-order chi connectivity index (χ1) is 13.7. The first-order valence-electron chi connectivity index (χ1n) is 11.4. The van der Waals surface area contributed by atoms with E-state index in [1.807, 2.05) is 11.3 Å². The Hall–Kier alpha value is 1.86. The summed E-state index contributed by atoms with van der Waals surface area (Å²) in [6.07, 6.45) is 11.1. The number of thiophene rings is 1. The SMILES string of the molecule is CC(C)CCC[C@H](C)CCSc1c(I)sc(I)c1SCC[C@@H](C)CCCC(C)C. The molecule has 0 saturated heterocycles. The summed E-state index contributed by atoms with van der Waals surface area (Å²) in [5.41, 5.74) is 0. The van der Waals surface area contributed by atoms with Gasteiger partial charge in [0.05, 0.1) is 5.77 Å². The van der Waals surface area contributed by atoms with Gasteiger partial charge in [-0.25, -0.2) is 0 Å². The van der Waals surface area contributed by atoms with Gasteiger partial charge in [0.1, 0.15) is 0 Å². The Labute approximate surface area is 221 Å². The van der Waals surface area contributed by atoms with E-state index in [2.05, 4.69) is 110 Å². The molecule has 5 heteroatoms. The first-order valence-corrected chi connectivity index (χ1v) is 16.4. The molecule has 0 N–H and O–H groups in total. The molecular formula is C24H42I2S3. The van der Waals surface area contributed by atoms with Gasteiger partial charge in [0, 0.05) is 9.79 Å². The van der Waals surface area contributed by atoms with Crippen LogP contribution < -0.4 is 0 Å². The van der Waals surface area contributed by atoms with Gasteiger partial charge in [0.2, 0.25) is 0 Å². The van der Waals surface area contributed by atoms with Crippen molar-refractivity contribution in [3.63, 3.8) is 0 Å². The lowest BCUT2D eigenvalue weighted by Crippen LogP contribution is -1.99. The van der Waals surface area contributed by atoms with Crippen LogP contribution in [0.3, 0.4) is 0 Å². The van der Waals surface area contributed by atoms with Gasteiger partial charge in [-0.3, -0.25) is 0 Å². The van der Waals surface area contributed by atoms with Crippen molar-refractivity contribution in [1.82, 2.24) is 0 Å². The third-order valence-electron chi connectivity index (χ3n) is 5.41. The predicted octanol–water partition coefficient (Wildman–Crippen LogP) is 10.8. The van der Waals surface area contributed by atoms with Gasteiger partial charge in [-0.1, -0.05) is 80.1 Å². The molecule has 0 aliphatic carbocycles. The predicted molar refractivity (Wildman–Crippen MR) is 156 cm³/mol. The zero-order valence-corrected chi connectivity index (χ0v) is 26.1. The highest BCUT2D eigenvalue weighted by molar-refractivity contribution is 14.1. The van der Waals surface area contributed by atoms with Gasteiger partial charge < -0.3 is 0 Å². The normalized spacial score (nSPS) is 14.1. The molecule has 170 valence electrons. The Kier molecular flexibility index (Phi) is 16.4. The Morgan fingerprint density at radius 2 is 1.00 bits per heavy atom. The molecule has 1 rings (SSSR count). The van der Waals surface area contributed by atoms with E-state index >= 15 is 0 Å². The fraction of sp³-hybridized carbons (Fsp3) is 0.833. The van der Waals surface area contributed by atoms with E-state index in [0.717, 1.165) is 23.7 Å². The van der Waals surface area contributed by atoms with Crippen LogP contribution in [0.25, 0.3) is 0 Å². The lowest BCUT2D eigenvalue weighted by atomic mass is 9.98. The third-order valence-corrected chi connectivity index (χ3v) is 12.0. The van der Waals surface area contributed by atoms with Crippen LogP contribution >= 0.6 is 80.0 Å². The van der Waals surface area contributed by atoms with E-state index < -0.39 is 0 Å². The van der Waals surface area contributed by atoms with E-state index in [4.69, 9.17) is 0 Å². The molecule has 0 radical (unpaired) electrons. The molecule has 0 saturated carbocycles. The minimum absolute atomic E-state index is 0.851. The summed E-state index contributed by atoms with van der Waals surface area (Å²) in [6, 6.07) is 0. The van der Waals surface area contributed by atoms with Crippen molar-refractivity contribution in [2.75, 3.05) is 11.5 Å². The molecule has 0 aromatic carbocycles. The lowest BCUT2D eigenvalue weighted by molar-refractivity contribution is 0.451. The highest BCUT2D eigenvalue weighted by atomic mass is 127. The molecule has 1 aromatic heterocycles. The average Bonchev–Trinajstić information content (AvgIpc) is 2.88. The zero-order chi connectivity index (χ0) is 21.8. The fourth-order valence-electron chi connectivity index (χ4n) is 3.36. The molecular weight excluding hydrogens is 638 g/mol. The standard InChI is InChI=1S/C24H42I2S3/c1-17(2)9-7-11-19(5)13-15-27-21-22(24(26)29-23(21)25)28-16-14-20(6)12-8-10-18(3)4/h17-20H,7-16H2,1-6H3/t19-,20-/m0/s1. The summed E-state index contributed by atoms with van der Waals surface area (Å²) in [7, 11) is 0. The monoisotopic (exact) mass is 680 g/mol. The highest BCUT2D eigenvalue weighted by Crippen LogP contribution is 2.44. The molecule has 2 atom stereocenters. The summed E-state index contributed by atoms with van der Waals surface area (Å²) < 4.78 is 2.99. The topological polar surface area (TPSA) is 0 Å². The second kappa shape index (κ2) is 16.5. The van der Waals surface area contributed by atoms with Crippen LogP contribution in [-0.2, 0) is 0 Å². The minimum Gasteiger partial charge on any atom is -0.123 e. The van der Waals surface area contributed by atoms with E-state index in [9.17, 15) is 0 Å². The Morgan fingerprint density at radius 3 is 1.34 bits per heavy atom. The number of hydrogen-bond acceptors (Lipinski definition) is 3. The van der Waals surface area contributed by atoms with Crippen LogP contribution in [0.4, 0.5) is 0 Å². The average molecular weight is 681 g/mol. The Morgan fingerprint density at radius 1 is 0.621 bits per heavy atom. The molecule has 0 aliphatic heterocycles. The molecule has 0 nitrogen and oxygen atoms in total. The lowest BCUT2D eigenvalue weighted by Gasteiger charge is -2.13. The summed E-state index contributed by atoms with van der Waals surface area (Å²) in [5.74, 6) is 5.96. The van der Waals surface area contributed by atoms with Crippen molar-refractivity contribution in [3.8, 4) is 0 Å². The van der Waals surface area contributed by atoms with E-state index in [1.165, 1.54) is 68.6 Å². The van der Waals surface area contributed by atoms with Crippen molar-refractivity contribution >= 4 is 80.0 Å². The molecule has 0 amide bonds. The number of hydrogen-bond donors (Lipinski definition) is 0. The van der Waals surface area contributed by atoms with Gasteiger partial charge in [0.15, 0.2) is 0 Å². The van der Waals surface area contributed by atoms with Crippen LogP contribution in [0.5, 0.6) is 0 Å². The summed E-state index contributed by atoms with van der Waals surface area (Å²) in [5, 5.41) is 0. The molecule has 1 heterocycles. The van der Waals surface area contributed by atoms with Crippen molar-refractivity contribution in [2.45, 2.75) is 103 Å². The van der Waals surface area contributed by atoms with E-state index in [-0.39, 0.29) is 0 Å². The first kappa shape index (κ1) is 28.9. The quantitative estimate of drug-likeness (QED) is 0.126. The number of halogens is 2. The molecule has 0 unspecified atom stereocenters. The molecule has 0 spiro atoms. The molecule has 1 aromatic rings. The molecule has 0 bridgehead atoms. The highest BCUT2D eigenvalue weighted by Gasteiger charge is 2.17. The molecule has 0 aliphatic rings. The largest absolute Gasteiger partial charge is 0.123 e. The van der Waals surface area contributed by atoms with Gasteiger partial charge in [-0.15, -0.1) is 34.9 Å². The number of thioether (sulfide) groups is 2. The van der Waals surface area contributed by atoms with Crippen molar-refractivity contribution in [1.29, 1.82) is 0 Å². The van der Waals surface area contributed by atoms with Gasteiger partial charge in [0.25, 0.3) is 0 Å².